The average molecular weight is 197 g/mol. The van der Waals surface area contributed by atoms with E-state index >= 15 is 0 Å². The second-order valence-electron chi connectivity index (χ2n) is 3.57. The zero-order chi connectivity index (χ0) is 10.7. The third kappa shape index (κ3) is 2.23. The standard InChI is InChI=1S/C11H16FNO/c1-7-4-5-9(6-8(2)13)11(14-3)10(7)12/h4-5,8H,6,13H2,1-3H3. The normalized spacial score (nSPS) is 12.6. The molecule has 1 aromatic rings. The van der Waals surface area contributed by atoms with Gasteiger partial charge in [0, 0.05) is 6.04 Å². The monoisotopic (exact) mass is 197 g/mol. The number of methoxy groups -OCH3 is 1. The van der Waals surface area contributed by atoms with Crippen LogP contribution < -0.4 is 10.5 Å². The molecule has 2 nitrogen and oxygen atoms in total. The fourth-order valence-corrected chi connectivity index (χ4v) is 1.42. The van der Waals surface area contributed by atoms with Crippen LogP contribution in [0.5, 0.6) is 5.75 Å². The Bertz CT molecular complexity index is 323. The van der Waals surface area contributed by atoms with Crippen LogP contribution in [0.15, 0.2) is 12.1 Å². The van der Waals surface area contributed by atoms with E-state index in [0.717, 1.165) is 5.56 Å². The molecule has 1 rings (SSSR count). The van der Waals surface area contributed by atoms with Gasteiger partial charge in [-0.2, -0.15) is 0 Å². The predicted molar refractivity (Wildman–Crippen MR) is 55.0 cm³/mol. The Labute approximate surface area is 83.9 Å². The van der Waals surface area contributed by atoms with Crippen molar-refractivity contribution >= 4 is 0 Å². The van der Waals surface area contributed by atoms with Gasteiger partial charge in [0.25, 0.3) is 0 Å². The van der Waals surface area contributed by atoms with Gasteiger partial charge in [-0.1, -0.05) is 12.1 Å². The van der Waals surface area contributed by atoms with E-state index in [4.69, 9.17) is 10.5 Å². The molecule has 0 aromatic heterocycles. The zero-order valence-electron chi connectivity index (χ0n) is 8.80. The average Bonchev–Trinajstić information content (AvgIpc) is 2.11. The number of ether oxygens (including phenoxy) is 1. The largest absolute Gasteiger partial charge is 0.493 e. The summed E-state index contributed by atoms with van der Waals surface area (Å²) in [6.07, 6.45) is 0.625. The quantitative estimate of drug-likeness (QED) is 0.804. The summed E-state index contributed by atoms with van der Waals surface area (Å²) in [5, 5.41) is 0. The van der Waals surface area contributed by atoms with Gasteiger partial charge in [0.2, 0.25) is 0 Å². The van der Waals surface area contributed by atoms with Crippen LogP contribution in [-0.4, -0.2) is 13.2 Å². The number of halogens is 1. The van der Waals surface area contributed by atoms with Crippen LogP contribution in [0.2, 0.25) is 0 Å². The molecule has 0 aliphatic heterocycles. The zero-order valence-corrected chi connectivity index (χ0v) is 8.80. The lowest BCUT2D eigenvalue weighted by Gasteiger charge is -2.12. The number of rotatable bonds is 3. The highest BCUT2D eigenvalue weighted by atomic mass is 19.1. The van der Waals surface area contributed by atoms with Gasteiger partial charge in [-0.05, 0) is 31.4 Å². The Balaban J connectivity index is 3.10. The number of hydrogen-bond acceptors (Lipinski definition) is 2. The lowest BCUT2D eigenvalue weighted by molar-refractivity contribution is 0.379. The molecule has 14 heavy (non-hydrogen) atoms. The van der Waals surface area contributed by atoms with Gasteiger partial charge in [0.15, 0.2) is 11.6 Å². The molecule has 1 aromatic carbocycles. The topological polar surface area (TPSA) is 35.2 Å². The molecule has 0 aliphatic carbocycles. The Morgan fingerprint density at radius 2 is 2.14 bits per heavy atom. The van der Waals surface area contributed by atoms with E-state index in [9.17, 15) is 4.39 Å². The second kappa shape index (κ2) is 4.42. The minimum Gasteiger partial charge on any atom is -0.493 e. The van der Waals surface area contributed by atoms with Crippen LogP contribution in [0.4, 0.5) is 4.39 Å². The highest BCUT2D eigenvalue weighted by Gasteiger charge is 2.12. The van der Waals surface area contributed by atoms with Crippen molar-refractivity contribution in [3.63, 3.8) is 0 Å². The predicted octanol–water partition coefficient (Wildman–Crippen LogP) is 2.03. The van der Waals surface area contributed by atoms with Crippen LogP contribution in [-0.2, 0) is 6.42 Å². The minimum atomic E-state index is -0.286. The van der Waals surface area contributed by atoms with E-state index < -0.39 is 0 Å². The molecule has 3 heteroatoms. The number of aryl methyl sites for hydroxylation is 1. The van der Waals surface area contributed by atoms with Crippen LogP contribution in [0.25, 0.3) is 0 Å². The second-order valence-corrected chi connectivity index (χ2v) is 3.57. The summed E-state index contributed by atoms with van der Waals surface area (Å²) >= 11 is 0. The molecule has 0 amide bonds. The third-order valence-corrected chi connectivity index (χ3v) is 2.12. The van der Waals surface area contributed by atoms with Gasteiger partial charge in [-0.3, -0.25) is 0 Å². The van der Waals surface area contributed by atoms with Crippen molar-refractivity contribution in [2.75, 3.05) is 7.11 Å². The summed E-state index contributed by atoms with van der Waals surface area (Å²) in [7, 11) is 1.47. The molecular formula is C11H16FNO. The van der Waals surface area contributed by atoms with E-state index in [1.54, 1.807) is 13.0 Å². The first-order valence-electron chi connectivity index (χ1n) is 4.63. The van der Waals surface area contributed by atoms with Crippen LogP contribution >= 0.6 is 0 Å². The molecule has 0 radical (unpaired) electrons. The Morgan fingerprint density at radius 3 is 2.64 bits per heavy atom. The maximum absolute atomic E-state index is 13.5. The van der Waals surface area contributed by atoms with E-state index in [2.05, 4.69) is 0 Å². The van der Waals surface area contributed by atoms with Gasteiger partial charge in [-0.25, -0.2) is 4.39 Å². The molecule has 0 spiro atoms. The van der Waals surface area contributed by atoms with Gasteiger partial charge in [0.05, 0.1) is 7.11 Å². The lowest BCUT2D eigenvalue weighted by Crippen LogP contribution is -2.18. The van der Waals surface area contributed by atoms with Crippen LogP contribution in [0.3, 0.4) is 0 Å². The highest BCUT2D eigenvalue weighted by molar-refractivity contribution is 5.39. The third-order valence-electron chi connectivity index (χ3n) is 2.12. The van der Waals surface area contributed by atoms with E-state index in [1.807, 2.05) is 13.0 Å². The summed E-state index contributed by atoms with van der Waals surface area (Å²) in [6, 6.07) is 3.61. The first-order chi connectivity index (χ1) is 6.56. The van der Waals surface area contributed by atoms with E-state index in [1.165, 1.54) is 7.11 Å². The Kier molecular flexibility index (Phi) is 3.47. The molecule has 0 saturated carbocycles. The van der Waals surface area contributed by atoms with Gasteiger partial charge in [0.1, 0.15) is 0 Å². The van der Waals surface area contributed by atoms with E-state index in [-0.39, 0.29) is 11.9 Å². The molecule has 0 fully saturated rings. The molecule has 78 valence electrons. The highest BCUT2D eigenvalue weighted by Crippen LogP contribution is 2.25. The SMILES string of the molecule is COc1c(CC(C)N)ccc(C)c1F. The molecule has 1 unspecified atom stereocenters. The van der Waals surface area contributed by atoms with Crippen molar-refractivity contribution in [3.05, 3.63) is 29.1 Å². The molecule has 2 N–H and O–H groups in total. The molecular weight excluding hydrogens is 181 g/mol. The van der Waals surface area contributed by atoms with Gasteiger partial charge >= 0.3 is 0 Å². The van der Waals surface area contributed by atoms with Crippen molar-refractivity contribution < 1.29 is 9.13 Å². The number of nitrogens with two attached hydrogens (primary N) is 1. The summed E-state index contributed by atoms with van der Waals surface area (Å²) in [6.45, 7) is 3.60. The fourth-order valence-electron chi connectivity index (χ4n) is 1.42. The summed E-state index contributed by atoms with van der Waals surface area (Å²) < 4.78 is 18.6. The van der Waals surface area contributed by atoms with Gasteiger partial charge < -0.3 is 10.5 Å². The minimum absolute atomic E-state index is 0.00556. The van der Waals surface area contributed by atoms with Crippen molar-refractivity contribution in [1.82, 2.24) is 0 Å². The lowest BCUT2D eigenvalue weighted by atomic mass is 10.0. The molecule has 0 bridgehead atoms. The molecule has 1 atom stereocenters. The maximum atomic E-state index is 13.5. The Morgan fingerprint density at radius 1 is 1.50 bits per heavy atom. The maximum Gasteiger partial charge on any atom is 0.168 e. The molecule has 0 aliphatic rings. The summed E-state index contributed by atoms with van der Waals surface area (Å²) in [5.74, 6) is 0.0351. The fraction of sp³-hybridized carbons (Fsp3) is 0.455. The van der Waals surface area contributed by atoms with Crippen LogP contribution in [0.1, 0.15) is 18.1 Å². The first kappa shape index (κ1) is 11.0. The molecule has 0 heterocycles. The van der Waals surface area contributed by atoms with Crippen LogP contribution in [0, 0.1) is 12.7 Å². The van der Waals surface area contributed by atoms with Crippen molar-refractivity contribution in [1.29, 1.82) is 0 Å². The smallest absolute Gasteiger partial charge is 0.168 e. The van der Waals surface area contributed by atoms with Crippen molar-refractivity contribution in [3.8, 4) is 5.75 Å². The van der Waals surface area contributed by atoms with Crippen molar-refractivity contribution in [2.45, 2.75) is 26.3 Å². The van der Waals surface area contributed by atoms with E-state index in [0.29, 0.717) is 17.7 Å². The van der Waals surface area contributed by atoms with Crippen molar-refractivity contribution in [2.24, 2.45) is 5.73 Å². The number of hydrogen-bond donors (Lipinski definition) is 1. The molecule has 0 saturated heterocycles. The summed E-state index contributed by atoms with van der Waals surface area (Å²) in [5.41, 5.74) is 7.08. The first-order valence-corrected chi connectivity index (χ1v) is 4.63. The number of benzene rings is 1. The van der Waals surface area contributed by atoms with Gasteiger partial charge in [-0.15, -0.1) is 0 Å². The summed E-state index contributed by atoms with van der Waals surface area (Å²) in [4.78, 5) is 0. The Hall–Kier alpha value is -1.09.